The van der Waals surface area contributed by atoms with Gasteiger partial charge in [-0.3, -0.25) is 4.79 Å². The smallest absolute Gasteiger partial charge is 0.227 e. The summed E-state index contributed by atoms with van der Waals surface area (Å²) in [7, 11) is 1.90. The molecule has 1 unspecified atom stereocenters. The van der Waals surface area contributed by atoms with Gasteiger partial charge in [-0.2, -0.15) is 0 Å². The second-order valence-electron chi connectivity index (χ2n) is 6.09. The molecule has 118 valence electrons. The largest absolute Gasteiger partial charge is 0.461 e. The minimum absolute atomic E-state index is 0.113. The molecular formula is C18H24N2O2. The lowest BCUT2D eigenvalue weighted by Gasteiger charge is -2.27. The molecule has 2 heterocycles. The fraction of sp³-hybridized carbons (Fsp3) is 0.500. The number of amides is 1. The molecule has 0 aliphatic carbocycles. The van der Waals surface area contributed by atoms with E-state index in [1.165, 1.54) is 0 Å². The Morgan fingerprint density at radius 1 is 1.41 bits per heavy atom. The number of hydrogen-bond donors (Lipinski definition) is 1. The number of carbonyl (C=O) groups is 1. The van der Waals surface area contributed by atoms with E-state index in [-0.39, 0.29) is 11.8 Å². The molecule has 1 aromatic heterocycles. The van der Waals surface area contributed by atoms with Gasteiger partial charge in [0.2, 0.25) is 5.91 Å². The SMILES string of the molecule is CCc1oc2ccccc2c1CN(C)C(=O)C1CCCNC1. The van der Waals surface area contributed by atoms with E-state index in [4.69, 9.17) is 4.42 Å². The summed E-state index contributed by atoms with van der Waals surface area (Å²) in [5.74, 6) is 1.34. The highest BCUT2D eigenvalue weighted by Gasteiger charge is 2.25. The number of fused-ring (bicyclic) bond motifs is 1. The summed E-state index contributed by atoms with van der Waals surface area (Å²) in [5, 5.41) is 4.44. The zero-order valence-corrected chi connectivity index (χ0v) is 13.4. The van der Waals surface area contributed by atoms with Crippen LogP contribution < -0.4 is 5.32 Å². The van der Waals surface area contributed by atoms with Crippen molar-refractivity contribution in [2.75, 3.05) is 20.1 Å². The van der Waals surface area contributed by atoms with E-state index < -0.39 is 0 Å². The molecule has 22 heavy (non-hydrogen) atoms. The lowest BCUT2D eigenvalue weighted by Crippen LogP contribution is -2.41. The first kappa shape index (κ1) is 15.1. The van der Waals surface area contributed by atoms with E-state index in [1.807, 2.05) is 30.1 Å². The van der Waals surface area contributed by atoms with Crippen molar-refractivity contribution in [2.45, 2.75) is 32.7 Å². The molecule has 2 aromatic rings. The fourth-order valence-electron chi connectivity index (χ4n) is 3.30. The summed E-state index contributed by atoms with van der Waals surface area (Å²) in [5.41, 5.74) is 2.06. The van der Waals surface area contributed by atoms with Crippen LogP contribution in [0.3, 0.4) is 0 Å². The van der Waals surface area contributed by atoms with Crippen LogP contribution in [0.5, 0.6) is 0 Å². The van der Waals surface area contributed by atoms with Crippen LogP contribution in [-0.2, 0) is 17.8 Å². The number of furan rings is 1. The van der Waals surface area contributed by atoms with Gasteiger partial charge in [-0.1, -0.05) is 25.1 Å². The van der Waals surface area contributed by atoms with Gasteiger partial charge in [0.15, 0.2) is 0 Å². The van der Waals surface area contributed by atoms with Gasteiger partial charge in [0.05, 0.1) is 5.92 Å². The molecule has 0 spiro atoms. The Balaban J connectivity index is 1.81. The lowest BCUT2D eigenvalue weighted by atomic mass is 9.98. The van der Waals surface area contributed by atoms with Crippen LogP contribution in [-0.4, -0.2) is 30.9 Å². The minimum atomic E-state index is 0.113. The molecular weight excluding hydrogens is 276 g/mol. The van der Waals surface area contributed by atoms with Crippen LogP contribution in [0.15, 0.2) is 28.7 Å². The van der Waals surface area contributed by atoms with Crippen LogP contribution in [0.4, 0.5) is 0 Å². The summed E-state index contributed by atoms with van der Waals surface area (Å²) in [6.45, 7) is 4.54. The van der Waals surface area contributed by atoms with Gasteiger partial charge in [-0.25, -0.2) is 0 Å². The normalized spacial score (nSPS) is 18.5. The van der Waals surface area contributed by atoms with Crippen molar-refractivity contribution in [3.8, 4) is 0 Å². The highest BCUT2D eigenvalue weighted by Crippen LogP contribution is 2.27. The monoisotopic (exact) mass is 300 g/mol. The van der Waals surface area contributed by atoms with Crippen LogP contribution in [0, 0.1) is 5.92 Å². The number of aryl methyl sites for hydroxylation is 1. The van der Waals surface area contributed by atoms with E-state index in [0.717, 1.165) is 54.6 Å². The van der Waals surface area contributed by atoms with E-state index in [9.17, 15) is 4.79 Å². The molecule has 1 N–H and O–H groups in total. The number of nitrogens with one attached hydrogen (secondary N) is 1. The lowest BCUT2D eigenvalue weighted by molar-refractivity contribution is -0.135. The number of benzene rings is 1. The van der Waals surface area contributed by atoms with Gasteiger partial charge in [-0.05, 0) is 25.5 Å². The molecule has 1 amide bonds. The van der Waals surface area contributed by atoms with E-state index in [2.05, 4.69) is 18.3 Å². The summed E-state index contributed by atoms with van der Waals surface area (Å²) in [6, 6.07) is 8.07. The van der Waals surface area contributed by atoms with Crippen molar-refractivity contribution in [1.82, 2.24) is 10.2 Å². The summed E-state index contributed by atoms with van der Waals surface area (Å²) >= 11 is 0. The molecule has 1 aromatic carbocycles. The molecule has 0 radical (unpaired) electrons. The number of rotatable bonds is 4. The molecule has 1 atom stereocenters. The van der Waals surface area contributed by atoms with E-state index in [0.29, 0.717) is 6.54 Å². The zero-order valence-electron chi connectivity index (χ0n) is 13.4. The Morgan fingerprint density at radius 3 is 2.95 bits per heavy atom. The number of carbonyl (C=O) groups excluding carboxylic acids is 1. The Morgan fingerprint density at radius 2 is 2.23 bits per heavy atom. The maximum Gasteiger partial charge on any atom is 0.227 e. The highest BCUT2D eigenvalue weighted by molar-refractivity contribution is 5.84. The number of hydrogen-bond acceptors (Lipinski definition) is 3. The van der Waals surface area contributed by atoms with Crippen LogP contribution in [0.25, 0.3) is 11.0 Å². The third-order valence-electron chi connectivity index (χ3n) is 4.52. The minimum Gasteiger partial charge on any atom is -0.461 e. The van der Waals surface area contributed by atoms with E-state index >= 15 is 0 Å². The third kappa shape index (κ3) is 2.88. The van der Waals surface area contributed by atoms with Gasteiger partial charge in [0.25, 0.3) is 0 Å². The molecule has 1 saturated heterocycles. The quantitative estimate of drug-likeness (QED) is 0.944. The Bertz CT molecular complexity index is 656. The highest BCUT2D eigenvalue weighted by atomic mass is 16.3. The zero-order chi connectivity index (χ0) is 15.5. The molecule has 0 bridgehead atoms. The van der Waals surface area contributed by atoms with Crippen LogP contribution in [0.1, 0.15) is 31.1 Å². The molecule has 4 nitrogen and oxygen atoms in total. The second-order valence-corrected chi connectivity index (χ2v) is 6.09. The number of nitrogens with zero attached hydrogens (tertiary/aromatic N) is 1. The van der Waals surface area contributed by atoms with Crippen molar-refractivity contribution in [2.24, 2.45) is 5.92 Å². The predicted octanol–water partition coefficient (Wildman–Crippen LogP) is 2.95. The van der Waals surface area contributed by atoms with Gasteiger partial charge in [0, 0.05) is 37.5 Å². The van der Waals surface area contributed by atoms with Crippen molar-refractivity contribution in [3.05, 3.63) is 35.6 Å². The summed E-state index contributed by atoms with van der Waals surface area (Å²) in [4.78, 5) is 14.5. The summed E-state index contributed by atoms with van der Waals surface area (Å²) < 4.78 is 5.92. The Labute approximate surface area is 131 Å². The molecule has 3 rings (SSSR count). The second kappa shape index (κ2) is 6.53. The first-order valence-corrected chi connectivity index (χ1v) is 8.15. The van der Waals surface area contributed by atoms with Crippen molar-refractivity contribution < 1.29 is 9.21 Å². The number of para-hydroxylation sites is 1. The van der Waals surface area contributed by atoms with Crippen LogP contribution >= 0.6 is 0 Å². The van der Waals surface area contributed by atoms with Gasteiger partial charge >= 0.3 is 0 Å². The maximum absolute atomic E-state index is 12.6. The van der Waals surface area contributed by atoms with Crippen LogP contribution in [0.2, 0.25) is 0 Å². The molecule has 1 fully saturated rings. The first-order valence-electron chi connectivity index (χ1n) is 8.15. The van der Waals surface area contributed by atoms with Gasteiger partial charge < -0.3 is 14.6 Å². The average Bonchev–Trinajstić information content (AvgIpc) is 2.93. The van der Waals surface area contributed by atoms with Gasteiger partial charge in [0.1, 0.15) is 11.3 Å². The third-order valence-corrected chi connectivity index (χ3v) is 4.52. The molecule has 4 heteroatoms. The first-order chi connectivity index (χ1) is 10.7. The Kier molecular flexibility index (Phi) is 4.48. The molecule has 1 aliphatic rings. The average molecular weight is 300 g/mol. The molecule has 0 saturated carbocycles. The van der Waals surface area contributed by atoms with Crippen molar-refractivity contribution in [1.29, 1.82) is 0 Å². The van der Waals surface area contributed by atoms with Crippen molar-refractivity contribution >= 4 is 16.9 Å². The fourth-order valence-corrected chi connectivity index (χ4v) is 3.30. The number of piperidine rings is 1. The topological polar surface area (TPSA) is 45.5 Å². The van der Waals surface area contributed by atoms with E-state index in [1.54, 1.807) is 0 Å². The standard InChI is InChI=1S/C18H24N2O2/c1-3-16-15(14-8-4-5-9-17(14)22-16)12-20(2)18(21)13-7-6-10-19-11-13/h4-5,8-9,13,19H,3,6-7,10-12H2,1-2H3. The predicted molar refractivity (Wildman–Crippen MR) is 87.7 cm³/mol. The summed E-state index contributed by atoms with van der Waals surface area (Å²) in [6.07, 6.45) is 2.92. The van der Waals surface area contributed by atoms with Gasteiger partial charge in [-0.15, -0.1) is 0 Å². The Hall–Kier alpha value is -1.81. The van der Waals surface area contributed by atoms with Crippen molar-refractivity contribution in [3.63, 3.8) is 0 Å². The molecule has 1 aliphatic heterocycles. The maximum atomic E-state index is 12.6.